The van der Waals surface area contributed by atoms with Gasteiger partial charge in [0, 0.05) is 0 Å². The third kappa shape index (κ3) is 3.69. The Labute approximate surface area is 135 Å². The first-order chi connectivity index (χ1) is 11.3. The lowest BCUT2D eigenvalue weighted by molar-refractivity contribution is -0.341. The first-order valence-electron chi connectivity index (χ1n) is 8.20. The van der Waals surface area contributed by atoms with Crippen molar-refractivity contribution in [3.8, 4) is 0 Å². The molecule has 2 unspecified atom stereocenters. The molecule has 4 heterocycles. The summed E-state index contributed by atoms with van der Waals surface area (Å²) in [7, 11) is 0. The SMILES string of the molecule is C1COC(C2OCC3(CO2)COC(C2COCCO2)OC3)CO1. The Bertz CT molecular complexity index is 324. The van der Waals surface area contributed by atoms with E-state index >= 15 is 0 Å². The van der Waals surface area contributed by atoms with Gasteiger partial charge in [-0.3, -0.25) is 0 Å². The minimum atomic E-state index is -0.381. The lowest BCUT2D eigenvalue weighted by Gasteiger charge is -2.46. The molecule has 1 spiro atoms. The summed E-state index contributed by atoms with van der Waals surface area (Å²) in [6.45, 7) is 5.51. The summed E-state index contributed by atoms with van der Waals surface area (Å²) >= 11 is 0. The highest BCUT2D eigenvalue weighted by molar-refractivity contribution is 4.87. The van der Waals surface area contributed by atoms with E-state index in [-0.39, 0.29) is 30.2 Å². The molecule has 4 rings (SSSR count). The Morgan fingerprint density at radius 3 is 1.30 bits per heavy atom. The van der Waals surface area contributed by atoms with Crippen molar-refractivity contribution in [1.29, 1.82) is 0 Å². The average Bonchev–Trinajstić information content (AvgIpc) is 2.65. The summed E-state index contributed by atoms with van der Waals surface area (Å²) < 4.78 is 45.4. The van der Waals surface area contributed by atoms with Crippen LogP contribution in [0.2, 0.25) is 0 Å². The van der Waals surface area contributed by atoms with Crippen LogP contribution in [0.25, 0.3) is 0 Å². The number of hydrogen-bond acceptors (Lipinski definition) is 8. The van der Waals surface area contributed by atoms with Crippen LogP contribution in [0.4, 0.5) is 0 Å². The maximum atomic E-state index is 5.85. The molecule has 8 nitrogen and oxygen atoms in total. The summed E-state index contributed by atoms with van der Waals surface area (Å²) in [6.07, 6.45) is -1.08. The van der Waals surface area contributed by atoms with Crippen molar-refractivity contribution in [3.63, 3.8) is 0 Å². The molecule has 0 radical (unpaired) electrons. The van der Waals surface area contributed by atoms with Crippen LogP contribution < -0.4 is 0 Å². The van der Waals surface area contributed by atoms with E-state index in [0.29, 0.717) is 66.1 Å². The molecule has 0 amide bonds. The molecule has 0 aromatic carbocycles. The van der Waals surface area contributed by atoms with E-state index in [1.807, 2.05) is 0 Å². The van der Waals surface area contributed by atoms with Gasteiger partial charge >= 0.3 is 0 Å². The van der Waals surface area contributed by atoms with Gasteiger partial charge in [0.25, 0.3) is 0 Å². The van der Waals surface area contributed by atoms with E-state index in [1.165, 1.54) is 0 Å². The van der Waals surface area contributed by atoms with Gasteiger partial charge in [-0.15, -0.1) is 0 Å². The van der Waals surface area contributed by atoms with Crippen LogP contribution in [-0.2, 0) is 37.9 Å². The fourth-order valence-electron chi connectivity index (χ4n) is 3.14. The zero-order valence-electron chi connectivity index (χ0n) is 13.1. The molecule has 23 heavy (non-hydrogen) atoms. The Morgan fingerprint density at radius 1 is 0.522 bits per heavy atom. The van der Waals surface area contributed by atoms with Crippen LogP contribution in [0.15, 0.2) is 0 Å². The predicted molar refractivity (Wildman–Crippen MR) is 74.9 cm³/mol. The zero-order chi connectivity index (χ0) is 15.5. The molecule has 4 aliphatic rings. The van der Waals surface area contributed by atoms with Crippen LogP contribution >= 0.6 is 0 Å². The lowest BCUT2D eigenvalue weighted by atomic mass is 9.90. The van der Waals surface area contributed by atoms with E-state index in [9.17, 15) is 0 Å². The van der Waals surface area contributed by atoms with Crippen LogP contribution in [-0.4, -0.2) is 90.9 Å². The first-order valence-corrected chi connectivity index (χ1v) is 8.20. The van der Waals surface area contributed by atoms with E-state index in [4.69, 9.17) is 37.9 Å². The second-order valence-electron chi connectivity index (χ2n) is 6.45. The quantitative estimate of drug-likeness (QED) is 0.673. The second kappa shape index (κ2) is 7.28. The van der Waals surface area contributed by atoms with Gasteiger partial charge < -0.3 is 37.9 Å². The van der Waals surface area contributed by atoms with Crippen molar-refractivity contribution in [1.82, 2.24) is 0 Å². The molecule has 0 bridgehead atoms. The highest BCUT2D eigenvalue weighted by Gasteiger charge is 2.45. The predicted octanol–water partition coefficient (Wildman–Crippen LogP) is -0.451. The molecule has 0 aliphatic carbocycles. The second-order valence-corrected chi connectivity index (χ2v) is 6.45. The molecule has 8 heteroatoms. The summed E-state index contributed by atoms with van der Waals surface area (Å²) in [5.41, 5.74) is -0.266. The van der Waals surface area contributed by atoms with Crippen molar-refractivity contribution in [2.45, 2.75) is 24.8 Å². The Morgan fingerprint density at radius 2 is 0.957 bits per heavy atom. The number of rotatable bonds is 2. The van der Waals surface area contributed by atoms with Crippen LogP contribution in [0.3, 0.4) is 0 Å². The monoisotopic (exact) mass is 332 g/mol. The molecule has 0 saturated carbocycles. The minimum absolute atomic E-state index is 0.160. The third-order valence-electron chi connectivity index (χ3n) is 4.51. The summed E-state index contributed by atoms with van der Waals surface area (Å²) in [5.74, 6) is 0. The fraction of sp³-hybridized carbons (Fsp3) is 1.00. The maximum absolute atomic E-state index is 5.85. The molecule has 4 fully saturated rings. The van der Waals surface area contributed by atoms with Crippen molar-refractivity contribution in [2.24, 2.45) is 5.41 Å². The highest BCUT2D eigenvalue weighted by Crippen LogP contribution is 2.32. The molecule has 4 aliphatic heterocycles. The van der Waals surface area contributed by atoms with Gasteiger partial charge in [0.05, 0.1) is 71.5 Å². The molecule has 0 aromatic heterocycles. The minimum Gasteiger partial charge on any atom is -0.376 e. The van der Waals surface area contributed by atoms with E-state index in [2.05, 4.69) is 0 Å². The Balaban J connectivity index is 1.25. The zero-order valence-corrected chi connectivity index (χ0v) is 13.1. The van der Waals surface area contributed by atoms with Gasteiger partial charge in [0.1, 0.15) is 12.2 Å². The van der Waals surface area contributed by atoms with Crippen molar-refractivity contribution >= 4 is 0 Å². The maximum Gasteiger partial charge on any atom is 0.186 e. The molecule has 132 valence electrons. The number of ether oxygens (including phenoxy) is 8. The smallest absolute Gasteiger partial charge is 0.186 e. The normalized spacial score (nSPS) is 45.9. The average molecular weight is 332 g/mol. The molecule has 0 N–H and O–H groups in total. The van der Waals surface area contributed by atoms with Gasteiger partial charge in [-0.1, -0.05) is 0 Å². The topological polar surface area (TPSA) is 73.8 Å². The summed E-state index contributed by atoms with van der Waals surface area (Å²) in [6, 6.07) is 0. The van der Waals surface area contributed by atoms with Crippen LogP contribution in [0, 0.1) is 5.41 Å². The molecule has 2 atom stereocenters. The summed E-state index contributed by atoms with van der Waals surface area (Å²) in [4.78, 5) is 0. The van der Waals surface area contributed by atoms with Gasteiger partial charge in [-0.2, -0.15) is 0 Å². The van der Waals surface area contributed by atoms with Gasteiger partial charge in [0.2, 0.25) is 0 Å². The van der Waals surface area contributed by atoms with Gasteiger partial charge in [-0.05, 0) is 0 Å². The lowest BCUT2D eigenvalue weighted by Crippen LogP contribution is -2.57. The molecule has 4 saturated heterocycles. The van der Waals surface area contributed by atoms with Crippen molar-refractivity contribution in [2.75, 3.05) is 66.1 Å². The standard InChI is InChI=1S/C15H24O8/c1-3-18-11(5-16-1)13-20-7-15(8-21-13)9-22-14(23-10-15)12-6-17-2-4-19-12/h11-14H,1-10H2. The Hall–Kier alpha value is -0.320. The first kappa shape index (κ1) is 16.2. The number of hydrogen-bond donors (Lipinski definition) is 0. The highest BCUT2D eigenvalue weighted by atomic mass is 16.7. The van der Waals surface area contributed by atoms with E-state index in [1.54, 1.807) is 0 Å². The fourth-order valence-corrected chi connectivity index (χ4v) is 3.14. The van der Waals surface area contributed by atoms with Crippen molar-refractivity contribution in [3.05, 3.63) is 0 Å². The van der Waals surface area contributed by atoms with Gasteiger partial charge in [0.15, 0.2) is 12.6 Å². The third-order valence-corrected chi connectivity index (χ3v) is 4.51. The summed E-state index contributed by atoms with van der Waals surface area (Å²) in [5, 5.41) is 0. The molecule has 0 aromatic rings. The van der Waals surface area contributed by atoms with Crippen LogP contribution in [0.5, 0.6) is 0 Å². The molecular formula is C15H24O8. The van der Waals surface area contributed by atoms with E-state index in [0.717, 1.165) is 0 Å². The molecular weight excluding hydrogens is 308 g/mol. The largest absolute Gasteiger partial charge is 0.376 e. The van der Waals surface area contributed by atoms with E-state index < -0.39 is 0 Å². The van der Waals surface area contributed by atoms with Crippen molar-refractivity contribution < 1.29 is 37.9 Å². The van der Waals surface area contributed by atoms with Gasteiger partial charge in [-0.25, -0.2) is 0 Å². The Kier molecular flexibility index (Phi) is 5.12. The van der Waals surface area contributed by atoms with Crippen LogP contribution in [0.1, 0.15) is 0 Å².